The van der Waals surface area contributed by atoms with Gasteiger partial charge in [-0.15, -0.1) is 0 Å². The first-order valence-corrected chi connectivity index (χ1v) is 36.6. The van der Waals surface area contributed by atoms with Crippen LogP contribution in [-0.2, 0) is 64.1 Å². The van der Waals surface area contributed by atoms with E-state index in [1.54, 1.807) is 0 Å². The number of esters is 4. The minimum Gasteiger partial charge on any atom is -0.461 e. The summed E-state index contributed by atoms with van der Waals surface area (Å²) >= 11 is 1.38. The van der Waals surface area contributed by atoms with Crippen LogP contribution in [0.15, 0.2) is 97.1 Å². The third-order valence-corrected chi connectivity index (χ3v) is 16.3. The number of hydrogen-bond donors (Lipinski definition) is 1. The Bertz CT molecular complexity index is 2190. The number of amides is 1. The summed E-state index contributed by atoms with van der Waals surface area (Å²) in [6.07, 6.45) is 53.8. The summed E-state index contributed by atoms with van der Waals surface area (Å²) in [5.41, 5.74) is 4.56. The molecule has 0 spiro atoms. The average Bonchev–Trinajstić information content (AvgIpc) is 3.28. The molecule has 0 aliphatic rings. The Morgan fingerprint density at radius 2 is 0.778 bits per heavy atom. The van der Waals surface area contributed by atoms with Gasteiger partial charge in [0.15, 0.2) is 0 Å². The Morgan fingerprint density at radius 3 is 1.21 bits per heavy atom. The molecule has 0 aliphatic carbocycles. The number of nitrogens with one attached hydrogen (secondary N) is 1. The van der Waals surface area contributed by atoms with Gasteiger partial charge in [0.05, 0.1) is 0 Å². The van der Waals surface area contributed by atoms with Crippen LogP contribution in [0.4, 0.5) is 4.79 Å². The molecule has 0 bridgehead atoms. The zero-order chi connectivity index (χ0) is 65.4. The van der Waals surface area contributed by atoms with Gasteiger partial charge in [-0.25, -0.2) is 0 Å². The summed E-state index contributed by atoms with van der Waals surface area (Å²) in [5, 5.41) is 3.63. The first-order chi connectivity index (χ1) is 44.0. The third-order valence-electron chi connectivity index (χ3n) is 15.4. The molecule has 0 atom stereocenters. The quantitative estimate of drug-likeness (QED) is 0.0292. The number of rotatable bonds is 57. The van der Waals surface area contributed by atoms with E-state index in [9.17, 15) is 24.0 Å². The summed E-state index contributed by atoms with van der Waals surface area (Å²) in [6, 6.07) is 16.7. The van der Waals surface area contributed by atoms with Crippen molar-refractivity contribution in [2.45, 2.75) is 272 Å². The molecule has 90 heavy (non-hydrogen) atoms. The molecule has 0 radical (unpaired) electrons. The van der Waals surface area contributed by atoms with Gasteiger partial charge in [-0.1, -0.05) is 252 Å². The molecule has 0 saturated carbocycles. The minimum absolute atomic E-state index is 0.0814. The molecule has 0 saturated heterocycles. The molecule has 0 fully saturated rings. The van der Waals surface area contributed by atoms with Crippen LogP contribution in [0, 0.1) is 0 Å². The van der Waals surface area contributed by atoms with E-state index in [-0.39, 0.29) is 29.1 Å². The first-order valence-electron chi connectivity index (χ1n) is 35.7. The largest absolute Gasteiger partial charge is 0.461 e. The molecular weight excluding hydrogens is 1140 g/mol. The van der Waals surface area contributed by atoms with E-state index in [0.29, 0.717) is 78.0 Å². The highest BCUT2D eigenvalue weighted by Gasteiger charge is 2.16. The lowest BCUT2D eigenvalue weighted by Gasteiger charge is -2.23. The van der Waals surface area contributed by atoms with Crippen LogP contribution in [0.5, 0.6) is 0 Å². The second-order valence-corrected chi connectivity index (χ2v) is 25.3. The normalized spacial score (nSPS) is 11.5. The van der Waals surface area contributed by atoms with Crippen molar-refractivity contribution in [3.8, 4) is 0 Å². The zero-order valence-electron chi connectivity index (χ0n) is 57.7. The van der Waals surface area contributed by atoms with Crippen LogP contribution in [0.1, 0.15) is 268 Å². The Balaban J connectivity index is 0.000000914. The average molecular weight is 1270 g/mol. The lowest BCUT2D eigenvalue weighted by atomic mass is 10.1. The second kappa shape index (κ2) is 62.8. The van der Waals surface area contributed by atoms with Crippen molar-refractivity contribution in [1.29, 1.82) is 0 Å². The van der Waals surface area contributed by atoms with Crippen LogP contribution in [0.25, 0.3) is 0 Å². The van der Waals surface area contributed by atoms with Crippen molar-refractivity contribution < 1.29 is 42.9 Å². The Labute approximate surface area is 553 Å². The molecule has 0 unspecified atom stereocenters. The van der Waals surface area contributed by atoms with Gasteiger partial charge in [-0.2, -0.15) is 0 Å². The van der Waals surface area contributed by atoms with E-state index in [2.05, 4.69) is 98.6 Å². The van der Waals surface area contributed by atoms with Crippen LogP contribution in [0.3, 0.4) is 0 Å². The van der Waals surface area contributed by atoms with Crippen molar-refractivity contribution >= 4 is 40.9 Å². The fourth-order valence-corrected chi connectivity index (χ4v) is 10.8. The zero-order valence-corrected chi connectivity index (χ0v) is 58.6. The van der Waals surface area contributed by atoms with Crippen LogP contribution >= 0.6 is 11.8 Å². The van der Waals surface area contributed by atoms with Gasteiger partial charge < -0.3 is 34.1 Å². The highest BCUT2D eigenvalue weighted by Crippen LogP contribution is 2.19. The first kappa shape index (κ1) is 83.0. The van der Waals surface area contributed by atoms with E-state index >= 15 is 0 Å². The Morgan fingerprint density at radius 1 is 0.411 bits per heavy atom. The van der Waals surface area contributed by atoms with E-state index in [4.69, 9.17) is 18.9 Å². The highest BCUT2D eigenvalue weighted by molar-refractivity contribution is 8.13. The summed E-state index contributed by atoms with van der Waals surface area (Å²) < 4.78 is 21.3. The maximum absolute atomic E-state index is 13.2. The predicted molar refractivity (Wildman–Crippen MR) is 379 cm³/mol. The van der Waals surface area contributed by atoms with Gasteiger partial charge in [0.1, 0.15) is 26.4 Å². The third kappa shape index (κ3) is 54.7. The number of unbranched alkanes of at least 4 members (excludes halogenated alkanes) is 24. The van der Waals surface area contributed by atoms with E-state index in [1.807, 2.05) is 55.4 Å². The van der Waals surface area contributed by atoms with Gasteiger partial charge in [0, 0.05) is 57.6 Å². The topological polar surface area (TPSA) is 141 Å². The van der Waals surface area contributed by atoms with Crippen molar-refractivity contribution in [2.24, 2.45) is 0 Å². The standard InChI is InChI=1S/C41H68N2O5S.C36H59NO4/c1-5-7-9-11-13-18-22-32-47-39(44)27-20-16-15-17-21-30-43(41(46)49-34-31-42(3)4)36-38-26-24-25-37(35-38)28-29-40(45)48-33-23-19-14-12-10-8-6-2;1-3-5-7-9-11-16-20-29-40-35(38)25-18-14-13-15-19-28-37-32-34-24-22-23-33(31-34)26-27-36(39)41-30-21-17-12-10-8-6-4-2/h18-19,22-26,35H,5-17,20-21,27-34,36H2,1-4H3;16-17,20-24,31,37H,3-15,18-19,25-30,32H2,1-2H3/b22-18-,23-19-;20-16-,21-17-. The van der Waals surface area contributed by atoms with Crippen LogP contribution in [-0.4, -0.2) is 105 Å². The van der Waals surface area contributed by atoms with Gasteiger partial charge in [0.25, 0.3) is 5.24 Å². The van der Waals surface area contributed by atoms with Crippen LogP contribution in [0.2, 0.25) is 0 Å². The minimum atomic E-state index is -0.187. The van der Waals surface area contributed by atoms with Crippen molar-refractivity contribution in [1.82, 2.24) is 15.1 Å². The Kier molecular flexibility index (Phi) is 57.9. The number of allylic oxidation sites excluding steroid dienone is 4. The number of thioether (sulfide) groups is 1. The molecule has 2 aromatic carbocycles. The fraction of sp³-hybridized carbons (Fsp3) is 0.675. The maximum Gasteiger partial charge on any atom is 0.306 e. The number of ether oxygens (including phenoxy) is 4. The van der Waals surface area contributed by atoms with E-state index in [1.165, 1.54) is 132 Å². The molecule has 510 valence electrons. The number of aryl methyl sites for hydroxylation is 2. The van der Waals surface area contributed by atoms with Gasteiger partial charge in [-0.3, -0.25) is 24.0 Å². The second-order valence-electron chi connectivity index (χ2n) is 24.2. The number of carbonyl (C=O) groups excluding carboxylic acids is 5. The molecule has 0 aliphatic heterocycles. The smallest absolute Gasteiger partial charge is 0.306 e. The Hall–Kier alpha value is -4.98. The van der Waals surface area contributed by atoms with Crippen molar-refractivity contribution in [3.63, 3.8) is 0 Å². The van der Waals surface area contributed by atoms with Gasteiger partial charge >= 0.3 is 23.9 Å². The predicted octanol–water partition coefficient (Wildman–Crippen LogP) is 19.5. The lowest BCUT2D eigenvalue weighted by Crippen LogP contribution is -2.29. The fourth-order valence-electron chi connectivity index (χ4n) is 9.87. The van der Waals surface area contributed by atoms with Crippen LogP contribution < -0.4 is 5.32 Å². The van der Waals surface area contributed by atoms with Gasteiger partial charge in [0.2, 0.25) is 0 Å². The molecule has 1 N–H and O–H groups in total. The molecular formula is C77H127N3O9S. The molecule has 0 heterocycles. The number of hydrogen-bond acceptors (Lipinski definition) is 12. The summed E-state index contributed by atoms with van der Waals surface area (Å²) in [5.74, 6) is 0.224. The van der Waals surface area contributed by atoms with Crippen molar-refractivity contribution in [3.05, 3.63) is 119 Å². The van der Waals surface area contributed by atoms with Crippen molar-refractivity contribution in [2.75, 3.05) is 65.9 Å². The number of nitrogens with zero attached hydrogens (tertiary/aromatic N) is 2. The summed E-state index contributed by atoms with van der Waals surface area (Å²) in [4.78, 5) is 65.5. The molecule has 12 nitrogen and oxygen atoms in total. The maximum atomic E-state index is 13.2. The van der Waals surface area contributed by atoms with E-state index < -0.39 is 0 Å². The molecule has 1 amide bonds. The van der Waals surface area contributed by atoms with E-state index in [0.717, 1.165) is 120 Å². The summed E-state index contributed by atoms with van der Waals surface area (Å²) in [7, 11) is 4.03. The summed E-state index contributed by atoms with van der Waals surface area (Å²) in [6.45, 7) is 14.3. The molecule has 2 rings (SSSR count). The molecule has 0 aromatic heterocycles. The lowest BCUT2D eigenvalue weighted by molar-refractivity contribution is -0.143. The highest BCUT2D eigenvalue weighted by atomic mass is 32.2. The number of carbonyl (C=O) groups is 5. The SMILES string of the molecule is CCCCCC/C=C\COC(=O)CCCCCCCN(Cc1cccc(CCC(=O)OC/C=C\CCCCCC)c1)C(=O)SCCN(C)C.CCCCCC/C=C\COC(=O)CCCCCCCNCc1cccc(CCC(=O)OC/C=C\CCCCCC)c1. The molecule has 2 aromatic rings. The number of benzene rings is 2. The molecule has 13 heteroatoms. The van der Waals surface area contributed by atoms with Gasteiger partial charge in [-0.05, 0) is 133 Å². The monoisotopic (exact) mass is 1270 g/mol.